The summed E-state index contributed by atoms with van der Waals surface area (Å²) >= 11 is 0. The van der Waals surface area contributed by atoms with Gasteiger partial charge in [0.1, 0.15) is 0 Å². The number of carboxylic acids is 1. The van der Waals surface area contributed by atoms with Crippen molar-refractivity contribution in [2.24, 2.45) is 0 Å². The summed E-state index contributed by atoms with van der Waals surface area (Å²) in [6.45, 7) is 4.50. The van der Waals surface area contributed by atoms with E-state index in [4.69, 9.17) is 0 Å². The first-order valence-electron chi connectivity index (χ1n) is 15.3. The fourth-order valence-electron chi connectivity index (χ4n) is 4.09. The molecule has 39 heavy (non-hydrogen) atoms. The van der Waals surface area contributed by atoms with Crippen LogP contribution in [-0.4, -0.2) is 25.5 Å². The maximum atomic E-state index is 10.2. The molecular weight excluding hydrogens is 534 g/mol. The molecule has 0 unspecified atom stereocenters. The van der Waals surface area contributed by atoms with E-state index in [1.54, 1.807) is 0 Å². The largest absolute Gasteiger partial charge is 1.00 e. The number of hydrogen-bond acceptors (Lipinski definition) is 6. The van der Waals surface area contributed by atoms with E-state index in [0.717, 1.165) is 32.1 Å². The van der Waals surface area contributed by atoms with Gasteiger partial charge in [0.15, 0.2) is 0 Å². The molecule has 9 heteroatoms. The molecule has 0 aromatic heterocycles. The molecule has 0 rings (SSSR count). The first kappa shape index (κ1) is 47.0. The van der Waals surface area contributed by atoms with Crippen molar-refractivity contribution in [3.05, 3.63) is 12.2 Å². The molecule has 0 heterocycles. The molecule has 0 aliphatic rings. The number of aliphatic carboxylic acids is 1. The monoisotopic (exact) mass is 592 g/mol. The van der Waals surface area contributed by atoms with E-state index < -0.39 is 16.4 Å². The number of hydrogen-bond donors (Lipinski definition) is 0. The number of rotatable bonds is 27. The molecule has 0 aliphatic carbocycles. The topological polar surface area (TPSA) is 107 Å². The van der Waals surface area contributed by atoms with E-state index in [2.05, 4.69) is 30.2 Å². The molecule has 0 aromatic carbocycles. The van der Waals surface area contributed by atoms with Crippen molar-refractivity contribution in [3.8, 4) is 0 Å². The maximum absolute atomic E-state index is 10.2. The zero-order valence-corrected chi connectivity index (χ0v) is 31.0. The third-order valence-corrected chi connectivity index (χ3v) is 6.82. The third-order valence-electron chi connectivity index (χ3n) is 6.37. The van der Waals surface area contributed by atoms with Gasteiger partial charge in [-0.3, -0.25) is 4.18 Å². The molecule has 0 amide bonds. The Hall–Kier alpha value is 1.08. The second-order valence-corrected chi connectivity index (χ2v) is 11.2. The van der Waals surface area contributed by atoms with E-state index in [1.165, 1.54) is 109 Å². The molecule has 0 fully saturated rings. The summed E-state index contributed by atoms with van der Waals surface area (Å²) in [5, 5.41) is 10.2. The molecule has 222 valence electrons. The smallest absolute Gasteiger partial charge is 0.726 e. The van der Waals surface area contributed by atoms with Crippen LogP contribution in [0.2, 0.25) is 0 Å². The third kappa shape index (κ3) is 52.2. The van der Waals surface area contributed by atoms with E-state index in [-0.39, 0.29) is 72.1 Å². The second-order valence-electron chi connectivity index (χ2n) is 10.1. The number of carbonyl (C=O) groups is 1. The minimum atomic E-state index is -4.48. The van der Waals surface area contributed by atoms with Crippen molar-refractivity contribution >= 4 is 16.4 Å². The summed E-state index contributed by atoms with van der Waals surface area (Å²) in [6.07, 6.45) is 32.6. The van der Waals surface area contributed by atoms with Gasteiger partial charge in [0.2, 0.25) is 10.4 Å². The molecule has 0 radical (unpaired) electrons. The minimum Gasteiger partial charge on any atom is -0.726 e. The van der Waals surface area contributed by atoms with Crippen LogP contribution in [-0.2, 0) is 19.4 Å². The van der Waals surface area contributed by atoms with Gasteiger partial charge in [0.25, 0.3) is 0 Å². The van der Waals surface area contributed by atoms with Gasteiger partial charge in [0.05, 0.1) is 6.61 Å². The normalized spacial score (nSPS) is 10.9. The van der Waals surface area contributed by atoms with Crippen LogP contribution in [0.25, 0.3) is 0 Å². The predicted molar refractivity (Wildman–Crippen MR) is 152 cm³/mol. The van der Waals surface area contributed by atoms with Crippen molar-refractivity contribution in [2.75, 3.05) is 6.61 Å². The Morgan fingerprint density at radius 3 is 1.28 bits per heavy atom. The Kier molecular flexibility index (Phi) is 47.1. The SMILES string of the molecule is CCCCCCCCC=CCCCCCCCC(=O)[O-].CCCCCCCCCCCCOS(=O)(=O)[O-].[Na+].[Na+]. The molecule has 0 spiro atoms. The van der Waals surface area contributed by atoms with Gasteiger partial charge in [-0.25, -0.2) is 8.42 Å². The average molecular weight is 593 g/mol. The van der Waals surface area contributed by atoms with Crippen LogP contribution in [0.15, 0.2) is 12.2 Å². The molecule has 0 aromatic rings. The Morgan fingerprint density at radius 2 is 0.923 bits per heavy atom. The van der Waals surface area contributed by atoms with Gasteiger partial charge in [-0.05, 0) is 44.9 Å². The molecule has 0 aliphatic heterocycles. The van der Waals surface area contributed by atoms with Crippen LogP contribution in [0.3, 0.4) is 0 Å². The van der Waals surface area contributed by atoms with Gasteiger partial charge in [-0.1, -0.05) is 135 Å². The first-order chi connectivity index (χ1) is 17.8. The molecular formula is C30H58Na2O6S. The zero-order valence-electron chi connectivity index (χ0n) is 26.2. The summed E-state index contributed by atoms with van der Waals surface area (Å²) in [4.78, 5) is 10.2. The molecule has 0 bridgehead atoms. The van der Waals surface area contributed by atoms with Crippen molar-refractivity contribution in [2.45, 2.75) is 168 Å². The van der Waals surface area contributed by atoms with Crippen molar-refractivity contribution < 1.29 is 86.2 Å². The van der Waals surface area contributed by atoms with Crippen LogP contribution >= 0.6 is 0 Å². The number of carbonyl (C=O) groups excluding carboxylic acids is 1. The first-order valence-corrected chi connectivity index (χ1v) is 16.6. The van der Waals surface area contributed by atoms with E-state index >= 15 is 0 Å². The van der Waals surface area contributed by atoms with Crippen LogP contribution in [0.4, 0.5) is 0 Å². The zero-order chi connectivity index (χ0) is 27.9. The fraction of sp³-hybridized carbons (Fsp3) is 0.900. The van der Waals surface area contributed by atoms with Gasteiger partial charge in [-0.2, -0.15) is 0 Å². The predicted octanol–water partition coefficient (Wildman–Crippen LogP) is 2.17. The number of unbranched alkanes of at least 4 members (excludes halogenated alkanes) is 20. The minimum absolute atomic E-state index is 0. The Morgan fingerprint density at radius 1 is 0.590 bits per heavy atom. The van der Waals surface area contributed by atoms with Crippen LogP contribution in [0.5, 0.6) is 0 Å². The second kappa shape index (κ2) is 39.1. The Bertz CT molecular complexity index is 600. The molecule has 6 nitrogen and oxygen atoms in total. The van der Waals surface area contributed by atoms with Gasteiger partial charge in [-0.15, -0.1) is 0 Å². The van der Waals surface area contributed by atoms with E-state index in [1.807, 2.05) is 0 Å². The van der Waals surface area contributed by atoms with Crippen molar-refractivity contribution in [1.29, 1.82) is 0 Å². The summed E-state index contributed by atoms with van der Waals surface area (Å²) in [5.41, 5.74) is 0. The number of allylic oxidation sites excluding steroid dienone is 2. The Labute approximate surface area is 286 Å². The Balaban J connectivity index is -0.000000302. The van der Waals surface area contributed by atoms with E-state index in [9.17, 15) is 22.9 Å². The maximum Gasteiger partial charge on any atom is 1.00 e. The number of carboxylic acid groups (broad SMARTS) is 1. The average Bonchev–Trinajstić information content (AvgIpc) is 2.84. The van der Waals surface area contributed by atoms with Crippen molar-refractivity contribution in [1.82, 2.24) is 0 Å². The molecule has 0 saturated heterocycles. The molecule has 0 atom stereocenters. The van der Waals surface area contributed by atoms with Gasteiger partial charge < -0.3 is 14.5 Å². The van der Waals surface area contributed by atoms with Crippen LogP contribution in [0, 0.1) is 0 Å². The van der Waals surface area contributed by atoms with Gasteiger partial charge in [0, 0.05) is 5.97 Å². The fourth-order valence-corrected chi connectivity index (χ4v) is 4.41. The van der Waals surface area contributed by atoms with E-state index in [0.29, 0.717) is 6.42 Å². The van der Waals surface area contributed by atoms with Crippen LogP contribution < -0.4 is 64.2 Å². The summed E-state index contributed by atoms with van der Waals surface area (Å²) in [6, 6.07) is 0. The summed E-state index contributed by atoms with van der Waals surface area (Å²) in [7, 11) is -4.48. The van der Waals surface area contributed by atoms with Crippen LogP contribution in [0.1, 0.15) is 168 Å². The van der Waals surface area contributed by atoms with Gasteiger partial charge >= 0.3 is 59.1 Å². The molecule has 0 N–H and O–H groups in total. The standard InChI is InChI=1S/C18H34O2.C12H26O4S.2Na/c1-2-3-4-5-6-7-8-9-10-11-12-13-14-15-16-17-18(19)20;1-2-3-4-5-6-7-8-9-10-11-12-16-17(13,14)15;;/h9-10H,2-8,11-17H2,1H3,(H,19,20);2-12H2,1H3,(H,13,14,15);;/q;;2*+1/p-2. The summed E-state index contributed by atoms with van der Waals surface area (Å²) < 4.78 is 34.5. The molecule has 0 saturated carbocycles. The quantitative estimate of drug-likeness (QED) is 0.0476. The van der Waals surface area contributed by atoms with Crippen molar-refractivity contribution in [3.63, 3.8) is 0 Å². The summed E-state index contributed by atoms with van der Waals surface area (Å²) in [5.74, 6) is -0.914.